The lowest BCUT2D eigenvalue weighted by Gasteiger charge is -2.12. The zero-order chi connectivity index (χ0) is 22.9. The monoisotopic (exact) mass is 440 g/mol. The van der Waals surface area contributed by atoms with Crippen LogP contribution in [0.5, 0.6) is 23.1 Å². The van der Waals surface area contributed by atoms with Crippen molar-refractivity contribution in [1.29, 1.82) is 0 Å². The Kier molecular flexibility index (Phi) is 4.98. The number of fused-ring (bicyclic) bond motifs is 3. The maximum atomic E-state index is 6.31. The Morgan fingerprint density at radius 3 is 2.42 bits per heavy atom. The third kappa shape index (κ3) is 3.65. The summed E-state index contributed by atoms with van der Waals surface area (Å²) in [5.74, 6) is 2.33. The molecule has 4 heterocycles. The maximum Gasteiger partial charge on any atom is 0.242 e. The minimum atomic E-state index is 0.306. The van der Waals surface area contributed by atoms with Crippen LogP contribution in [-0.4, -0.2) is 34.2 Å². The molecule has 4 N–H and O–H groups in total. The number of methoxy groups -OCH3 is 2. The summed E-state index contributed by atoms with van der Waals surface area (Å²) >= 11 is 0. The van der Waals surface area contributed by atoms with Gasteiger partial charge in [-0.1, -0.05) is 0 Å². The molecule has 0 unspecified atom stereocenters. The molecule has 5 rings (SSSR count). The number of rotatable bonds is 5. The third-order valence-electron chi connectivity index (χ3n) is 5.24. The van der Waals surface area contributed by atoms with E-state index in [0.29, 0.717) is 40.3 Å². The molecule has 0 radical (unpaired) electrons. The summed E-state index contributed by atoms with van der Waals surface area (Å²) in [6.07, 6.45) is 6.59. The molecule has 0 amide bonds. The topological polar surface area (TPSA) is 131 Å². The zero-order valence-electron chi connectivity index (χ0n) is 17.9. The molecular weight excluding hydrogens is 420 g/mol. The molecule has 0 aliphatic heterocycles. The molecule has 33 heavy (non-hydrogen) atoms. The molecule has 0 fully saturated rings. The Morgan fingerprint density at radius 1 is 0.818 bits per heavy atom. The molecule has 164 valence electrons. The second-order valence-corrected chi connectivity index (χ2v) is 7.25. The van der Waals surface area contributed by atoms with Crippen LogP contribution in [0.4, 0.5) is 11.5 Å². The number of nitrogen functional groups attached to an aromatic ring is 2. The number of nitrogens with zero attached hydrogens (tertiary/aromatic N) is 4. The van der Waals surface area contributed by atoms with E-state index in [1.54, 1.807) is 51.1 Å². The molecular formula is C24H20N6O3. The van der Waals surface area contributed by atoms with E-state index < -0.39 is 0 Å². The standard InChI is InChI=1S/C24H20N6O3/c1-31-21-8-16-15-7-19(30-23(26)17(15)12-29-20(16)9-22(21)32-2)13-6-14(11-27-10-13)33-24-18(25)4-3-5-28-24/h3-12H,25H2,1-2H3,(H2,26,30). The fourth-order valence-corrected chi connectivity index (χ4v) is 3.62. The summed E-state index contributed by atoms with van der Waals surface area (Å²) in [5, 5.41) is 2.48. The van der Waals surface area contributed by atoms with E-state index in [9.17, 15) is 0 Å². The van der Waals surface area contributed by atoms with E-state index in [1.807, 2.05) is 24.3 Å². The van der Waals surface area contributed by atoms with Crippen molar-refractivity contribution >= 4 is 33.2 Å². The van der Waals surface area contributed by atoms with Gasteiger partial charge in [0.05, 0.1) is 37.3 Å². The lowest BCUT2D eigenvalue weighted by molar-refractivity contribution is 0.356. The molecule has 0 aliphatic carbocycles. The van der Waals surface area contributed by atoms with E-state index in [2.05, 4.69) is 19.9 Å². The van der Waals surface area contributed by atoms with Gasteiger partial charge in [0, 0.05) is 41.0 Å². The van der Waals surface area contributed by atoms with Crippen molar-refractivity contribution in [2.75, 3.05) is 25.7 Å². The van der Waals surface area contributed by atoms with Crippen molar-refractivity contribution in [1.82, 2.24) is 19.9 Å². The smallest absolute Gasteiger partial charge is 0.242 e. The first kappa shape index (κ1) is 20.3. The molecule has 4 aromatic heterocycles. The molecule has 0 saturated carbocycles. The van der Waals surface area contributed by atoms with Crippen molar-refractivity contribution in [2.45, 2.75) is 0 Å². The number of hydrogen-bond acceptors (Lipinski definition) is 9. The number of anilines is 2. The van der Waals surface area contributed by atoms with E-state index >= 15 is 0 Å². The lowest BCUT2D eigenvalue weighted by atomic mass is 10.0. The van der Waals surface area contributed by atoms with E-state index in [0.717, 1.165) is 27.2 Å². The van der Waals surface area contributed by atoms with E-state index in [1.165, 1.54) is 0 Å². The fraction of sp³-hybridized carbons (Fsp3) is 0.0833. The fourth-order valence-electron chi connectivity index (χ4n) is 3.62. The first-order valence-corrected chi connectivity index (χ1v) is 10.0. The van der Waals surface area contributed by atoms with Gasteiger partial charge in [0.2, 0.25) is 5.88 Å². The van der Waals surface area contributed by atoms with Gasteiger partial charge >= 0.3 is 0 Å². The first-order chi connectivity index (χ1) is 16.1. The highest BCUT2D eigenvalue weighted by molar-refractivity contribution is 6.10. The molecule has 0 bridgehead atoms. The summed E-state index contributed by atoms with van der Waals surface area (Å²) in [6.45, 7) is 0. The van der Waals surface area contributed by atoms with Gasteiger partial charge < -0.3 is 25.7 Å². The number of aromatic nitrogens is 4. The average Bonchev–Trinajstić information content (AvgIpc) is 2.84. The molecule has 0 saturated heterocycles. The van der Waals surface area contributed by atoms with Crippen molar-refractivity contribution in [3.8, 4) is 34.4 Å². The van der Waals surface area contributed by atoms with Crippen LogP contribution < -0.4 is 25.7 Å². The van der Waals surface area contributed by atoms with Gasteiger partial charge in [-0.2, -0.15) is 0 Å². The SMILES string of the molecule is COc1cc2ncc3c(N)nc(-c4cncc(Oc5ncccc5N)c4)cc3c2cc1OC. The third-order valence-corrected chi connectivity index (χ3v) is 5.24. The Labute approximate surface area is 189 Å². The Balaban J connectivity index is 1.64. The van der Waals surface area contributed by atoms with Gasteiger partial charge in [-0.25, -0.2) is 9.97 Å². The van der Waals surface area contributed by atoms with Gasteiger partial charge in [0.15, 0.2) is 11.5 Å². The first-order valence-electron chi connectivity index (χ1n) is 10.0. The predicted molar refractivity (Wildman–Crippen MR) is 127 cm³/mol. The predicted octanol–water partition coefficient (Wildman–Crippen LogP) is 4.21. The molecule has 0 aliphatic rings. The van der Waals surface area contributed by atoms with Crippen LogP contribution in [0.15, 0.2) is 61.2 Å². The van der Waals surface area contributed by atoms with Gasteiger partial charge in [-0.3, -0.25) is 9.97 Å². The molecule has 5 aromatic rings. The Morgan fingerprint density at radius 2 is 1.64 bits per heavy atom. The van der Waals surface area contributed by atoms with Crippen molar-refractivity contribution in [3.63, 3.8) is 0 Å². The van der Waals surface area contributed by atoms with Gasteiger partial charge in [0.1, 0.15) is 11.6 Å². The number of ether oxygens (including phenoxy) is 3. The highest BCUT2D eigenvalue weighted by atomic mass is 16.5. The summed E-state index contributed by atoms with van der Waals surface area (Å²) in [5.41, 5.74) is 14.8. The number of hydrogen-bond donors (Lipinski definition) is 2. The lowest BCUT2D eigenvalue weighted by Crippen LogP contribution is -1.98. The quantitative estimate of drug-likeness (QED) is 0.386. The highest BCUT2D eigenvalue weighted by Crippen LogP contribution is 2.37. The maximum absolute atomic E-state index is 6.31. The highest BCUT2D eigenvalue weighted by Gasteiger charge is 2.14. The Bertz CT molecular complexity index is 1510. The summed E-state index contributed by atoms with van der Waals surface area (Å²) in [6, 6.07) is 10.9. The molecule has 9 nitrogen and oxygen atoms in total. The molecule has 1 aromatic carbocycles. The van der Waals surface area contributed by atoms with Crippen molar-refractivity contribution < 1.29 is 14.2 Å². The van der Waals surface area contributed by atoms with Crippen LogP contribution in [-0.2, 0) is 0 Å². The van der Waals surface area contributed by atoms with Crippen LogP contribution in [0.3, 0.4) is 0 Å². The van der Waals surface area contributed by atoms with Gasteiger partial charge in [-0.05, 0) is 35.7 Å². The van der Waals surface area contributed by atoms with Crippen LogP contribution >= 0.6 is 0 Å². The molecule has 0 spiro atoms. The Hall–Kier alpha value is -4.66. The largest absolute Gasteiger partial charge is 0.493 e. The van der Waals surface area contributed by atoms with E-state index in [4.69, 9.17) is 25.7 Å². The minimum Gasteiger partial charge on any atom is -0.493 e. The van der Waals surface area contributed by atoms with Crippen LogP contribution in [0.2, 0.25) is 0 Å². The van der Waals surface area contributed by atoms with Crippen LogP contribution in [0.1, 0.15) is 0 Å². The summed E-state index contributed by atoms with van der Waals surface area (Å²) in [4.78, 5) is 17.5. The number of nitrogens with two attached hydrogens (primary N) is 2. The molecule has 0 atom stereocenters. The zero-order valence-corrected chi connectivity index (χ0v) is 17.9. The van der Waals surface area contributed by atoms with Crippen molar-refractivity contribution in [2.24, 2.45) is 0 Å². The summed E-state index contributed by atoms with van der Waals surface area (Å²) < 4.78 is 16.7. The normalized spacial score (nSPS) is 11.0. The second-order valence-electron chi connectivity index (χ2n) is 7.25. The number of pyridine rings is 4. The molecule has 9 heteroatoms. The summed E-state index contributed by atoms with van der Waals surface area (Å²) in [7, 11) is 3.18. The minimum absolute atomic E-state index is 0.306. The second kappa shape index (κ2) is 8.12. The number of benzene rings is 1. The van der Waals surface area contributed by atoms with E-state index in [-0.39, 0.29) is 0 Å². The van der Waals surface area contributed by atoms with Gasteiger partial charge in [-0.15, -0.1) is 0 Å². The van der Waals surface area contributed by atoms with Crippen LogP contribution in [0, 0.1) is 0 Å². The van der Waals surface area contributed by atoms with Gasteiger partial charge in [0.25, 0.3) is 0 Å². The van der Waals surface area contributed by atoms with Crippen LogP contribution in [0.25, 0.3) is 32.9 Å². The van der Waals surface area contributed by atoms with Crippen molar-refractivity contribution in [3.05, 3.63) is 61.2 Å². The average molecular weight is 440 g/mol.